The number of nitrogens with two attached hydrogens (primary N) is 1. The van der Waals surface area contributed by atoms with E-state index in [0.29, 0.717) is 0 Å². The molecule has 1 aromatic rings. The maximum Gasteiger partial charge on any atom is 0.210 e. The van der Waals surface area contributed by atoms with Gasteiger partial charge in [-0.3, -0.25) is 0 Å². The maximum absolute atomic E-state index is 6.40. The van der Waals surface area contributed by atoms with Gasteiger partial charge in [-0.15, -0.1) is 0 Å². The Morgan fingerprint density at radius 2 is 1.52 bits per heavy atom. The molecule has 3 nitrogen and oxygen atoms in total. The van der Waals surface area contributed by atoms with E-state index >= 15 is 0 Å². The van der Waals surface area contributed by atoms with E-state index in [2.05, 4.69) is 6.92 Å². The zero-order valence-electron chi connectivity index (χ0n) is 13.8. The summed E-state index contributed by atoms with van der Waals surface area (Å²) in [6, 6.07) is 9.81. The minimum atomic E-state index is -0.843. The monoisotopic (exact) mass is 293 g/mol. The Labute approximate surface area is 129 Å². The van der Waals surface area contributed by atoms with E-state index < -0.39 is 5.79 Å². The quantitative estimate of drug-likeness (QED) is 0.491. The molecule has 2 N–H and O–H groups in total. The lowest BCUT2D eigenvalue weighted by Crippen LogP contribution is -2.48. The van der Waals surface area contributed by atoms with Crippen LogP contribution in [0.4, 0.5) is 0 Å². The van der Waals surface area contributed by atoms with E-state index in [1.807, 2.05) is 30.3 Å². The number of rotatable bonds is 11. The molecule has 0 heterocycles. The number of methoxy groups -OCH3 is 2. The fourth-order valence-electron chi connectivity index (χ4n) is 2.84. The first-order valence-corrected chi connectivity index (χ1v) is 8.12. The summed E-state index contributed by atoms with van der Waals surface area (Å²) in [6.45, 7) is 2.24. The molecule has 0 aromatic heterocycles. The first-order chi connectivity index (χ1) is 10.2. The van der Waals surface area contributed by atoms with Crippen LogP contribution in [0.3, 0.4) is 0 Å². The molecule has 21 heavy (non-hydrogen) atoms. The van der Waals surface area contributed by atoms with Gasteiger partial charge in [0.05, 0.1) is 6.04 Å². The Hall–Kier alpha value is -0.900. The number of benzene rings is 1. The Balaban J connectivity index is 2.56. The molecule has 0 fully saturated rings. The Kier molecular flexibility index (Phi) is 8.58. The van der Waals surface area contributed by atoms with Crippen molar-refractivity contribution >= 4 is 0 Å². The highest BCUT2D eigenvalue weighted by molar-refractivity contribution is 5.22. The topological polar surface area (TPSA) is 44.5 Å². The number of ether oxygens (including phenoxy) is 2. The first kappa shape index (κ1) is 18.1. The lowest BCUT2D eigenvalue weighted by atomic mass is 9.93. The summed E-state index contributed by atoms with van der Waals surface area (Å²) < 4.78 is 11.4. The van der Waals surface area contributed by atoms with Crippen LogP contribution in [0, 0.1) is 0 Å². The molecule has 0 radical (unpaired) electrons. The third-order valence-electron chi connectivity index (χ3n) is 4.14. The van der Waals surface area contributed by atoms with Gasteiger partial charge < -0.3 is 15.2 Å². The van der Waals surface area contributed by atoms with Crippen molar-refractivity contribution in [1.82, 2.24) is 0 Å². The van der Waals surface area contributed by atoms with Crippen LogP contribution in [0.15, 0.2) is 30.3 Å². The molecule has 120 valence electrons. The Morgan fingerprint density at radius 3 is 2.10 bits per heavy atom. The molecule has 1 aromatic carbocycles. The molecule has 0 aliphatic rings. The summed E-state index contributed by atoms with van der Waals surface area (Å²) in [5, 5.41) is 0. The average Bonchev–Trinajstić information content (AvgIpc) is 2.53. The summed E-state index contributed by atoms with van der Waals surface area (Å²) in [7, 11) is 3.33. The third kappa shape index (κ3) is 5.10. The van der Waals surface area contributed by atoms with Crippen LogP contribution < -0.4 is 5.73 Å². The molecule has 0 spiro atoms. The van der Waals surface area contributed by atoms with Gasteiger partial charge in [-0.1, -0.05) is 75.8 Å². The zero-order chi connectivity index (χ0) is 15.6. The molecule has 3 heteroatoms. The number of hydrogen-bond donors (Lipinski definition) is 1. The van der Waals surface area contributed by atoms with Crippen molar-refractivity contribution < 1.29 is 9.47 Å². The molecule has 1 rings (SSSR count). The molecule has 1 unspecified atom stereocenters. The fraction of sp³-hybridized carbons (Fsp3) is 0.667. The second-order valence-corrected chi connectivity index (χ2v) is 5.60. The van der Waals surface area contributed by atoms with Gasteiger partial charge in [0.2, 0.25) is 5.79 Å². The van der Waals surface area contributed by atoms with Gasteiger partial charge in [-0.25, -0.2) is 0 Å². The summed E-state index contributed by atoms with van der Waals surface area (Å²) in [4.78, 5) is 0. The minimum absolute atomic E-state index is 0.166. The molecule has 0 saturated carbocycles. The Bertz CT molecular complexity index is 363. The van der Waals surface area contributed by atoms with Crippen molar-refractivity contribution in [3.05, 3.63) is 35.9 Å². The van der Waals surface area contributed by atoms with E-state index in [1.165, 1.54) is 32.1 Å². The molecule has 1 atom stereocenters. The molecule has 0 saturated heterocycles. The summed E-state index contributed by atoms with van der Waals surface area (Å²) >= 11 is 0. The lowest BCUT2D eigenvalue weighted by Gasteiger charge is -2.36. The van der Waals surface area contributed by atoms with Gasteiger partial charge in [0.1, 0.15) is 0 Å². The zero-order valence-corrected chi connectivity index (χ0v) is 13.8. The highest BCUT2D eigenvalue weighted by Gasteiger charge is 2.38. The van der Waals surface area contributed by atoms with Crippen LogP contribution in [0.2, 0.25) is 0 Å². The second kappa shape index (κ2) is 9.93. The maximum atomic E-state index is 6.40. The second-order valence-electron chi connectivity index (χ2n) is 5.60. The van der Waals surface area contributed by atoms with Crippen LogP contribution >= 0.6 is 0 Å². The van der Waals surface area contributed by atoms with Crippen molar-refractivity contribution in [2.45, 2.75) is 63.7 Å². The molecule has 0 aliphatic carbocycles. The standard InChI is InChI=1S/C18H31NO2/c1-4-5-6-7-8-12-15-17(19)18(20-2,21-3)16-13-10-9-11-14-16/h9-11,13-14,17H,4-8,12,15,19H2,1-3H3. The van der Waals surface area contributed by atoms with Gasteiger partial charge in [0.25, 0.3) is 0 Å². The SMILES string of the molecule is CCCCCCCCC(N)C(OC)(OC)c1ccccc1. The van der Waals surface area contributed by atoms with Crippen LogP contribution in [-0.2, 0) is 15.3 Å². The number of unbranched alkanes of at least 4 members (excludes halogenated alkanes) is 5. The highest BCUT2D eigenvalue weighted by atomic mass is 16.7. The molecular weight excluding hydrogens is 262 g/mol. The van der Waals surface area contributed by atoms with Crippen molar-refractivity contribution in [3.63, 3.8) is 0 Å². The van der Waals surface area contributed by atoms with E-state index in [4.69, 9.17) is 15.2 Å². The molecule has 0 amide bonds. The summed E-state index contributed by atoms with van der Waals surface area (Å²) in [5.74, 6) is -0.843. The summed E-state index contributed by atoms with van der Waals surface area (Å²) in [5.41, 5.74) is 7.38. The fourth-order valence-corrected chi connectivity index (χ4v) is 2.84. The Morgan fingerprint density at radius 1 is 0.952 bits per heavy atom. The van der Waals surface area contributed by atoms with Gasteiger partial charge in [0, 0.05) is 19.8 Å². The minimum Gasteiger partial charge on any atom is -0.348 e. The van der Waals surface area contributed by atoms with Gasteiger partial charge in [-0.2, -0.15) is 0 Å². The number of hydrogen-bond acceptors (Lipinski definition) is 3. The van der Waals surface area contributed by atoms with Crippen molar-refractivity contribution in [2.75, 3.05) is 14.2 Å². The first-order valence-electron chi connectivity index (χ1n) is 8.12. The van der Waals surface area contributed by atoms with Crippen LogP contribution in [0.5, 0.6) is 0 Å². The van der Waals surface area contributed by atoms with E-state index in [1.54, 1.807) is 14.2 Å². The molecule has 0 aliphatic heterocycles. The largest absolute Gasteiger partial charge is 0.348 e. The van der Waals surface area contributed by atoms with Crippen LogP contribution in [0.1, 0.15) is 57.4 Å². The average molecular weight is 293 g/mol. The molecule has 0 bridgehead atoms. The lowest BCUT2D eigenvalue weighted by molar-refractivity contribution is -0.230. The van der Waals surface area contributed by atoms with Crippen LogP contribution in [0.25, 0.3) is 0 Å². The van der Waals surface area contributed by atoms with Gasteiger partial charge >= 0.3 is 0 Å². The smallest absolute Gasteiger partial charge is 0.210 e. The van der Waals surface area contributed by atoms with E-state index in [0.717, 1.165) is 18.4 Å². The van der Waals surface area contributed by atoms with E-state index in [9.17, 15) is 0 Å². The predicted octanol–water partition coefficient (Wildman–Crippen LogP) is 4.21. The van der Waals surface area contributed by atoms with Crippen molar-refractivity contribution in [3.8, 4) is 0 Å². The van der Waals surface area contributed by atoms with Crippen molar-refractivity contribution in [1.29, 1.82) is 0 Å². The molecular formula is C18H31NO2. The normalized spacial score (nSPS) is 13.3. The predicted molar refractivity (Wildman–Crippen MR) is 88.1 cm³/mol. The van der Waals surface area contributed by atoms with Crippen molar-refractivity contribution in [2.24, 2.45) is 5.73 Å². The highest BCUT2D eigenvalue weighted by Crippen LogP contribution is 2.31. The van der Waals surface area contributed by atoms with E-state index in [-0.39, 0.29) is 6.04 Å². The van der Waals surface area contributed by atoms with Gasteiger partial charge in [0.15, 0.2) is 0 Å². The summed E-state index contributed by atoms with van der Waals surface area (Å²) in [6.07, 6.45) is 8.48. The third-order valence-corrected chi connectivity index (χ3v) is 4.14. The van der Waals surface area contributed by atoms with Gasteiger partial charge in [-0.05, 0) is 6.42 Å². The van der Waals surface area contributed by atoms with Crippen LogP contribution in [-0.4, -0.2) is 20.3 Å².